The van der Waals surface area contributed by atoms with Crippen molar-refractivity contribution in [3.05, 3.63) is 36.5 Å². The zero-order valence-corrected chi connectivity index (χ0v) is 8.34. The van der Waals surface area contributed by atoms with Gasteiger partial charge in [0.2, 0.25) is 11.9 Å². The molecule has 1 aromatic carbocycles. The molecule has 0 aliphatic heterocycles. The maximum atomic E-state index is 11.2. The first-order valence-corrected chi connectivity index (χ1v) is 4.59. The number of carbonyl (C=O) groups excluding carboxylic acids is 1. The molecule has 0 bridgehead atoms. The summed E-state index contributed by atoms with van der Waals surface area (Å²) in [6.45, 7) is 1.45. The fourth-order valence-corrected chi connectivity index (χ4v) is 1.39. The summed E-state index contributed by atoms with van der Waals surface area (Å²) in [7, 11) is 0. The van der Waals surface area contributed by atoms with Gasteiger partial charge in [0.25, 0.3) is 0 Å². The highest BCUT2D eigenvalue weighted by Crippen LogP contribution is 2.18. The molecule has 2 N–H and O–H groups in total. The molecule has 1 aromatic heterocycles. The van der Waals surface area contributed by atoms with Crippen molar-refractivity contribution in [3.8, 4) is 11.3 Å². The number of nitrogens with zero attached hydrogens (tertiary/aromatic N) is 2. The van der Waals surface area contributed by atoms with Gasteiger partial charge >= 0.3 is 0 Å². The lowest BCUT2D eigenvalue weighted by molar-refractivity contribution is 0.0939. The van der Waals surface area contributed by atoms with Crippen molar-refractivity contribution in [2.24, 2.45) is 0 Å². The molecule has 0 aliphatic carbocycles. The molecule has 0 amide bonds. The zero-order valence-electron chi connectivity index (χ0n) is 8.34. The fraction of sp³-hybridized carbons (Fsp3) is 0.0909. The molecule has 2 aromatic rings. The van der Waals surface area contributed by atoms with Crippen molar-refractivity contribution in [2.45, 2.75) is 6.92 Å². The normalized spacial score (nSPS) is 10.2. The van der Waals surface area contributed by atoms with Gasteiger partial charge in [-0.1, -0.05) is 30.3 Å². The number of carbonyl (C=O) groups is 1. The standard InChI is InChI=1S/C11H11N3O/c1-8(15)14-7-10(13-11(14)12)9-5-3-2-4-6-9/h2-7H,1H3,(H2,12,13). The van der Waals surface area contributed by atoms with E-state index in [2.05, 4.69) is 4.98 Å². The van der Waals surface area contributed by atoms with Crippen LogP contribution in [-0.4, -0.2) is 15.5 Å². The van der Waals surface area contributed by atoms with Gasteiger partial charge in [-0.2, -0.15) is 0 Å². The summed E-state index contributed by atoms with van der Waals surface area (Å²) in [5.74, 6) is 0.0866. The molecule has 4 nitrogen and oxygen atoms in total. The maximum absolute atomic E-state index is 11.2. The quantitative estimate of drug-likeness (QED) is 0.765. The van der Waals surface area contributed by atoms with Crippen LogP contribution in [0.25, 0.3) is 11.3 Å². The third kappa shape index (κ3) is 1.74. The Balaban J connectivity index is 2.48. The third-order valence-electron chi connectivity index (χ3n) is 2.14. The van der Waals surface area contributed by atoms with Gasteiger partial charge in [0, 0.05) is 18.7 Å². The Morgan fingerprint density at radius 1 is 1.33 bits per heavy atom. The van der Waals surface area contributed by atoms with Crippen molar-refractivity contribution < 1.29 is 4.79 Å². The van der Waals surface area contributed by atoms with Crippen LogP contribution < -0.4 is 5.73 Å². The number of hydrogen-bond acceptors (Lipinski definition) is 3. The van der Waals surface area contributed by atoms with E-state index in [1.165, 1.54) is 11.5 Å². The average molecular weight is 201 g/mol. The Bertz CT molecular complexity index is 488. The maximum Gasteiger partial charge on any atom is 0.230 e. The van der Waals surface area contributed by atoms with E-state index in [1.807, 2.05) is 30.3 Å². The monoisotopic (exact) mass is 201 g/mol. The first-order valence-electron chi connectivity index (χ1n) is 4.59. The Hall–Kier alpha value is -2.10. The summed E-state index contributed by atoms with van der Waals surface area (Å²) in [4.78, 5) is 15.3. The molecule has 0 atom stereocenters. The van der Waals surface area contributed by atoms with Gasteiger partial charge in [0.1, 0.15) is 0 Å². The third-order valence-corrected chi connectivity index (χ3v) is 2.14. The van der Waals surface area contributed by atoms with Crippen LogP contribution >= 0.6 is 0 Å². The first-order chi connectivity index (χ1) is 7.18. The van der Waals surface area contributed by atoms with Crippen molar-refractivity contribution in [1.82, 2.24) is 9.55 Å². The van der Waals surface area contributed by atoms with Gasteiger partial charge in [0.05, 0.1) is 5.69 Å². The minimum atomic E-state index is -0.137. The molecular formula is C11H11N3O. The molecule has 0 radical (unpaired) electrons. The fourth-order valence-electron chi connectivity index (χ4n) is 1.39. The second-order valence-electron chi connectivity index (χ2n) is 3.24. The second kappa shape index (κ2) is 3.57. The van der Waals surface area contributed by atoms with Crippen molar-refractivity contribution in [2.75, 3.05) is 5.73 Å². The summed E-state index contributed by atoms with van der Waals surface area (Å²) < 4.78 is 1.34. The van der Waals surface area contributed by atoms with E-state index < -0.39 is 0 Å². The molecule has 2 rings (SSSR count). The van der Waals surface area contributed by atoms with Crippen LogP contribution in [0.5, 0.6) is 0 Å². The molecule has 0 saturated carbocycles. The molecule has 76 valence electrons. The molecule has 0 fully saturated rings. The highest BCUT2D eigenvalue weighted by Gasteiger charge is 2.08. The van der Waals surface area contributed by atoms with Crippen LogP contribution in [-0.2, 0) is 0 Å². The Kier molecular flexibility index (Phi) is 2.25. The van der Waals surface area contributed by atoms with E-state index in [9.17, 15) is 4.79 Å². The van der Waals surface area contributed by atoms with Gasteiger partial charge in [-0.3, -0.25) is 9.36 Å². The lowest BCUT2D eigenvalue weighted by Crippen LogP contribution is -2.07. The molecule has 0 spiro atoms. The van der Waals surface area contributed by atoms with E-state index >= 15 is 0 Å². The smallest absolute Gasteiger partial charge is 0.230 e. The number of nitrogen functional groups attached to an aromatic ring is 1. The molecule has 4 heteroatoms. The first kappa shape index (κ1) is 9.45. The number of nitrogens with two attached hydrogens (primary N) is 1. The largest absolute Gasteiger partial charge is 0.369 e. The lowest BCUT2D eigenvalue weighted by atomic mass is 10.2. The van der Waals surface area contributed by atoms with Crippen LogP contribution in [0.1, 0.15) is 11.7 Å². The van der Waals surface area contributed by atoms with Crippen molar-refractivity contribution >= 4 is 11.9 Å². The summed E-state index contributed by atoms with van der Waals surface area (Å²) in [6.07, 6.45) is 1.65. The Morgan fingerprint density at radius 3 is 2.53 bits per heavy atom. The van der Waals surface area contributed by atoms with Gasteiger partial charge in [-0.25, -0.2) is 4.98 Å². The molecule has 0 unspecified atom stereocenters. The predicted octanol–water partition coefficient (Wildman–Crippen LogP) is 1.79. The van der Waals surface area contributed by atoms with Crippen molar-refractivity contribution in [1.29, 1.82) is 0 Å². The summed E-state index contributed by atoms with van der Waals surface area (Å²) >= 11 is 0. The highest BCUT2D eigenvalue weighted by molar-refractivity contribution is 5.80. The van der Waals surface area contributed by atoms with E-state index in [0.717, 1.165) is 5.56 Å². The number of rotatable bonds is 1. The van der Waals surface area contributed by atoms with Gasteiger partial charge < -0.3 is 5.73 Å². The van der Waals surface area contributed by atoms with E-state index in [1.54, 1.807) is 6.20 Å². The molecule has 1 heterocycles. The average Bonchev–Trinajstić information content (AvgIpc) is 2.62. The topological polar surface area (TPSA) is 60.9 Å². The minimum absolute atomic E-state index is 0.137. The predicted molar refractivity (Wildman–Crippen MR) is 58.4 cm³/mol. The summed E-state index contributed by atoms with van der Waals surface area (Å²) in [5.41, 5.74) is 7.27. The summed E-state index contributed by atoms with van der Waals surface area (Å²) in [6, 6.07) is 9.60. The summed E-state index contributed by atoms with van der Waals surface area (Å²) in [5, 5.41) is 0. The number of hydrogen-bond donors (Lipinski definition) is 1. The van der Waals surface area contributed by atoms with E-state index in [-0.39, 0.29) is 11.9 Å². The highest BCUT2D eigenvalue weighted by atomic mass is 16.1. The van der Waals surface area contributed by atoms with E-state index in [0.29, 0.717) is 5.69 Å². The van der Waals surface area contributed by atoms with Crippen LogP contribution in [0.3, 0.4) is 0 Å². The zero-order chi connectivity index (χ0) is 10.8. The number of aromatic nitrogens is 2. The number of imidazole rings is 1. The van der Waals surface area contributed by atoms with Crippen LogP contribution in [0, 0.1) is 0 Å². The van der Waals surface area contributed by atoms with Crippen LogP contribution in [0.2, 0.25) is 0 Å². The molecule has 15 heavy (non-hydrogen) atoms. The van der Waals surface area contributed by atoms with Crippen LogP contribution in [0.15, 0.2) is 36.5 Å². The number of benzene rings is 1. The van der Waals surface area contributed by atoms with Crippen molar-refractivity contribution in [3.63, 3.8) is 0 Å². The minimum Gasteiger partial charge on any atom is -0.369 e. The molecular weight excluding hydrogens is 190 g/mol. The van der Waals surface area contributed by atoms with Gasteiger partial charge in [-0.15, -0.1) is 0 Å². The second-order valence-corrected chi connectivity index (χ2v) is 3.24. The molecule has 0 saturated heterocycles. The van der Waals surface area contributed by atoms with Gasteiger partial charge in [0.15, 0.2) is 0 Å². The lowest BCUT2D eigenvalue weighted by Gasteiger charge is -1.94. The van der Waals surface area contributed by atoms with Gasteiger partial charge in [-0.05, 0) is 0 Å². The van der Waals surface area contributed by atoms with E-state index in [4.69, 9.17) is 5.73 Å². The Labute approximate surface area is 87.4 Å². The number of anilines is 1. The molecule has 0 aliphatic rings. The Morgan fingerprint density at radius 2 is 2.00 bits per heavy atom. The van der Waals surface area contributed by atoms with Crippen LogP contribution in [0.4, 0.5) is 5.95 Å². The SMILES string of the molecule is CC(=O)n1cc(-c2ccccc2)nc1N.